The van der Waals surface area contributed by atoms with Crippen molar-refractivity contribution in [2.24, 2.45) is 0 Å². The van der Waals surface area contributed by atoms with E-state index in [2.05, 4.69) is 31.2 Å². The molecule has 1 aliphatic rings. The Labute approximate surface area is 177 Å². The fourth-order valence-electron chi connectivity index (χ4n) is 3.08. The Hall–Kier alpha value is -2.43. The second-order valence-electron chi connectivity index (χ2n) is 6.63. The van der Waals surface area contributed by atoms with Crippen LogP contribution in [0.25, 0.3) is 0 Å². The summed E-state index contributed by atoms with van der Waals surface area (Å²) in [7, 11) is 0. The van der Waals surface area contributed by atoms with Gasteiger partial charge in [0.2, 0.25) is 11.8 Å². The van der Waals surface area contributed by atoms with E-state index in [1.165, 1.54) is 23.7 Å². The predicted molar refractivity (Wildman–Crippen MR) is 107 cm³/mol. The maximum atomic E-state index is 12.5. The van der Waals surface area contributed by atoms with Gasteiger partial charge in [-0.15, -0.1) is 10.2 Å². The van der Waals surface area contributed by atoms with Crippen molar-refractivity contribution < 1.29 is 9.21 Å². The van der Waals surface area contributed by atoms with Crippen LogP contribution in [0.4, 0.5) is 0 Å². The molecule has 0 unspecified atom stereocenters. The summed E-state index contributed by atoms with van der Waals surface area (Å²) in [5.74, 6) is 0.785. The van der Waals surface area contributed by atoms with Crippen LogP contribution in [0.2, 0.25) is 5.02 Å². The molecule has 29 heavy (non-hydrogen) atoms. The molecule has 11 heteroatoms. The standard InChI is InChI=1S/C18H20ClN7O2S/c19-15-3-1-2-14(8-15)9-24-4-6-25(7-5-24)17(27)11-29-18-23-22-16(28-18)10-26-13-20-12-21-26/h1-3,8,12-13H,4-7,9-11H2. The number of hydrogen-bond acceptors (Lipinski definition) is 8. The van der Waals surface area contributed by atoms with Crippen molar-refractivity contribution in [2.75, 3.05) is 31.9 Å². The van der Waals surface area contributed by atoms with E-state index in [1.54, 1.807) is 11.0 Å². The fourth-order valence-corrected chi connectivity index (χ4v) is 3.97. The zero-order chi connectivity index (χ0) is 20.1. The van der Waals surface area contributed by atoms with Gasteiger partial charge in [-0.3, -0.25) is 9.69 Å². The largest absolute Gasteiger partial charge is 0.414 e. The zero-order valence-electron chi connectivity index (χ0n) is 15.6. The number of benzene rings is 1. The van der Waals surface area contributed by atoms with Crippen LogP contribution in [-0.4, -0.2) is 72.6 Å². The molecule has 0 N–H and O–H groups in total. The highest BCUT2D eigenvalue weighted by atomic mass is 35.5. The summed E-state index contributed by atoms with van der Waals surface area (Å²) in [4.78, 5) is 20.6. The molecule has 0 radical (unpaired) electrons. The molecule has 3 heterocycles. The van der Waals surface area contributed by atoms with Crippen molar-refractivity contribution in [2.45, 2.75) is 18.3 Å². The molecule has 0 saturated carbocycles. The molecule has 0 bridgehead atoms. The third-order valence-corrected chi connectivity index (χ3v) is 5.59. The molecule has 0 aliphatic carbocycles. The van der Waals surface area contributed by atoms with Gasteiger partial charge in [0.05, 0.1) is 5.75 Å². The van der Waals surface area contributed by atoms with Gasteiger partial charge in [0.15, 0.2) is 0 Å². The highest BCUT2D eigenvalue weighted by molar-refractivity contribution is 7.99. The smallest absolute Gasteiger partial charge is 0.277 e. The first kappa shape index (κ1) is 19.9. The quantitative estimate of drug-likeness (QED) is 0.521. The molecule has 4 rings (SSSR count). The van der Waals surface area contributed by atoms with Crippen molar-refractivity contribution in [1.82, 2.24) is 34.8 Å². The van der Waals surface area contributed by atoms with Crippen LogP contribution in [0.1, 0.15) is 11.5 Å². The Morgan fingerprint density at radius 1 is 1.17 bits per heavy atom. The highest BCUT2D eigenvalue weighted by Gasteiger charge is 2.22. The first-order valence-electron chi connectivity index (χ1n) is 9.18. The van der Waals surface area contributed by atoms with Crippen LogP contribution in [-0.2, 0) is 17.9 Å². The van der Waals surface area contributed by atoms with Gasteiger partial charge < -0.3 is 9.32 Å². The number of piperazine rings is 1. The van der Waals surface area contributed by atoms with Crippen LogP contribution >= 0.6 is 23.4 Å². The number of thioether (sulfide) groups is 1. The summed E-state index contributed by atoms with van der Waals surface area (Å²) in [6.45, 7) is 4.30. The molecule has 9 nitrogen and oxygen atoms in total. The minimum Gasteiger partial charge on any atom is -0.414 e. The molecular formula is C18H20ClN7O2S. The summed E-state index contributed by atoms with van der Waals surface area (Å²) in [6.07, 6.45) is 3.02. The van der Waals surface area contributed by atoms with E-state index in [4.69, 9.17) is 16.0 Å². The van der Waals surface area contributed by atoms with Crippen LogP contribution in [0.15, 0.2) is 46.6 Å². The van der Waals surface area contributed by atoms with Gasteiger partial charge in [0, 0.05) is 37.7 Å². The predicted octanol–water partition coefficient (Wildman–Crippen LogP) is 1.80. The van der Waals surface area contributed by atoms with Gasteiger partial charge in [0.1, 0.15) is 19.2 Å². The number of amides is 1. The molecule has 0 spiro atoms. The normalized spacial score (nSPS) is 15.0. The van der Waals surface area contributed by atoms with Crippen molar-refractivity contribution in [3.05, 3.63) is 53.4 Å². The lowest BCUT2D eigenvalue weighted by Gasteiger charge is -2.34. The first-order valence-corrected chi connectivity index (χ1v) is 10.5. The molecule has 1 saturated heterocycles. The molecule has 1 amide bonds. The molecule has 2 aromatic heterocycles. The number of aromatic nitrogens is 5. The third-order valence-electron chi connectivity index (χ3n) is 4.55. The Morgan fingerprint density at radius 3 is 2.79 bits per heavy atom. The highest BCUT2D eigenvalue weighted by Crippen LogP contribution is 2.18. The van der Waals surface area contributed by atoms with Crippen LogP contribution in [0.3, 0.4) is 0 Å². The molecule has 3 aromatic rings. The lowest BCUT2D eigenvalue weighted by atomic mass is 10.2. The van der Waals surface area contributed by atoms with E-state index in [-0.39, 0.29) is 11.7 Å². The zero-order valence-corrected chi connectivity index (χ0v) is 17.2. The Bertz CT molecular complexity index is 941. The average molecular weight is 434 g/mol. The summed E-state index contributed by atoms with van der Waals surface area (Å²) < 4.78 is 7.14. The Balaban J connectivity index is 1.20. The van der Waals surface area contributed by atoms with Gasteiger partial charge >= 0.3 is 0 Å². The van der Waals surface area contributed by atoms with E-state index < -0.39 is 0 Å². The van der Waals surface area contributed by atoms with Crippen LogP contribution < -0.4 is 0 Å². The molecule has 1 fully saturated rings. The molecule has 1 aliphatic heterocycles. The van der Waals surface area contributed by atoms with Gasteiger partial charge in [0.25, 0.3) is 5.22 Å². The minimum atomic E-state index is 0.0773. The number of carbonyl (C=O) groups excluding carboxylic acids is 1. The van der Waals surface area contributed by atoms with E-state index in [9.17, 15) is 4.79 Å². The van der Waals surface area contributed by atoms with Crippen LogP contribution in [0, 0.1) is 0 Å². The maximum Gasteiger partial charge on any atom is 0.277 e. The number of rotatable bonds is 7. The van der Waals surface area contributed by atoms with Gasteiger partial charge in [-0.25, -0.2) is 9.67 Å². The van der Waals surface area contributed by atoms with Crippen LogP contribution in [0.5, 0.6) is 0 Å². The number of carbonyl (C=O) groups is 1. The summed E-state index contributed by atoms with van der Waals surface area (Å²) >= 11 is 7.31. The summed E-state index contributed by atoms with van der Waals surface area (Å²) in [5, 5.41) is 13.1. The molecule has 1 aromatic carbocycles. The number of hydrogen-bond donors (Lipinski definition) is 0. The second-order valence-corrected chi connectivity index (χ2v) is 7.99. The topological polar surface area (TPSA) is 93.2 Å². The van der Waals surface area contributed by atoms with E-state index >= 15 is 0 Å². The van der Waals surface area contributed by atoms with Gasteiger partial charge in [-0.1, -0.05) is 35.5 Å². The van der Waals surface area contributed by atoms with Crippen molar-refractivity contribution in [3.63, 3.8) is 0 Å². The van der Waals surface area contributed by atoms with Gasteiger partial charge in [-0.05, 0) is 17.7 Å². The van der Waals surface area contributed by atoms with Crippen molar-refractivity contribution in [1.29, 1.82) is 0 Å². The monoisotopic (exact) mass is 433 g/mol. The minimum absolute atomic E-state index is 0.0773. The van der Waals surface area contributed by atoms with E-state index in [0.29, 0.717) is 30.7 Å². The SMILES string of the molecule is O=C(CSc1nnc(Cn2cncn2)o1)N1CCN(Cc2cccc(Cl)c2)CC1. The number of nitrogens with zero attached hydrogens (tertiary/aromatic N) is 7. The summed E-state index contributed by atoms with van der Waals surface area (Å²) in [5.41, 5.74) is 1.19. The number of halogens is 1. The summed E-state index contributed by atoms with van der Waals surface area (Å²) in [6, 6.07) is 7.89. The Morgan fingerprint density at radius 2 is 2.03 bits per heavy atom. The fraction of sp³-hybridized carbons (Fsp3) is 0.389. The van der Waals surface area contributed by atoms with Crippen molar-refractivity contribution in [3.8, 4) is 0 Å². The van der Waals surface area contributed by atoms with E-state index in [0.717, 1.165) is 24.7 Å². The lowest BCUT2D eigenvalue weighted by molar-refractivity contribution is -0.130. The lowest BCUT2D eigenvalue weighted by Crippen LogP contribution is -2.48. The van der Waals surface area contributed by atoms with E-state index in [1.807, 2.05) is 23.1 Å². The van der Waals surface area contributed by atoms with Gasteiger partial charge in [-0.2, -0.15) is 5.10 Å². The average Bonchev–Trinajstić information content (AvgIpc) is 3.39. The third kappa shape index (κ3) is 5.55. The van der Waals surface area contributed by atoms with Crippen molar-refractivity contribution >= 4 is 29.3 Å². The first-order chi connectivity index (χ1) is 14.2. The Kier molecular flexibility index (Phi) is 6.43. The molecule has 152 valence electrons. The molecule has 0 atom stereocenters. The molecular weight excluding hydrogens is 414 g/mol. The second kappa shape index (κ2) is 9.38. The maximum absolute atomic E-state index is 12.5.